The number of hydrogen-bond donors (Lipinski definition) is 1. The zero-order valence-corrected chi connectivity index (χ0v) is 4.27. The molecule has 0 heterocycles. The van der Waals surface area contributed by atoms with Crippen molar-refractivity contribution in [3.63, 3.8) is 0 Å². The van der Waals surface area contributed by atoms with Gasteiger partial charge in [-0.3, -0.25) is 0 Å². The molecule has 40 valence electrons. The number of aliphatic hydroxyl groups is 1. The van der Waals surface area contributed by atoms with Crippen molar-refractivity contribution < 1.29 is 9.84 Å². The minimum absolute atomic E-state index is 0.326. The van der Waals surface area contributed by atoms with E-state index < -0.39 is 0 Å². The van der Waals surface area contributed by atoms with Gasteiger partial charge in [0.25, 0.3) is 0 Å². The van der Waals surface area contributed by atoms with Crippen LogP contribution in [0.3, 0.4) is 0 Å². The van der Waals surface area contributed by atoms with Crippen LogP contribution in [0.15, 0.2) is 0 Å². The maximum Gasteiger partial charge on any atom is 0.111 e. The van der Waals surface area contributed by atoms with E-state index in [2.05, 4.69) is 5.92 Å². The molecule has 0 bridgehead atoms. The SMILES string of the molecule is CCOCC#CO. The van der Waals surface area contributed by atoms with E-state index in [-0.39, 0.29) is 0 Å². The molecule has 0 spiro atoms. The Kier molecular flexibility index (Phi) is 4.80. The van der Waals surface area contributed by atoms with Crippen molar-refractivity contribution in [3.05, 3.63) is 0 Å². The van der Waals surface area contributed by atoms with Crippen molar-refractivity contribution in [2.75, 3.05) is 13.2 Å². The van der Waals surface area contributed by atoms with Gasteiger partial charge in [-0.1, -0.05) is 0 Å². The van der Waals surface area contributed by atoms with Gasteiger partial charge in [0.2, 0.25) is 0 Å². The van der Waals surface area contributed by atoms with Crippen LogP contribution in [0.25, 0.3) is 0 Å². The predicted molar refractivity (Wildman–Crippen MR) is 26.2 cm³/mol. The topological polar surface area (TPSA) is 29.5 Å². The summed E-state index contributed by atoms with van der Waals surface area (Å²) < 4.78 is 4.74. The smallest absolute Gasteiger partial charge is 0.111 e. The number of aliphatic hydroxyl groups excluding tert-OH is 1. The largest absolute Gasteiger partial charge is 0.462 e. The average Bonchev–Trinajstić information content (AvgIpc) is 1.69. The fraction of sp³-hybridized carbons (Fsp3) is 0.600. The van der Waals surface area contributed by atoms with Crippen LogP contribution in [0.4, 0.5) is 0 Å². The Morgan fingerprint density at radius 3 is 2.86 bits per heavy atom. The molecular formula is C5H8O2. The fourth-order valence-electron chi connectivity index (χ4n) is 0.185. The lowest BCUT2D eigenvalue weighted by Gasteiger charge is -1.86. The molecule has 0 aromatic carbocycles. The molecule has 0 amide bonds. The van der Waals surface area contributed by atoms with E-state index in [1.165, 1.54) is 0 Å². The summed E-state index contributed by atoms with van der Waals surface area (Å²) >= 11 is 0. The summed E-state index contributed by atoms with van der Waals surface area (Å²) in [6, 6.07) is 0. The van der Waals surface area contributed by atoms with Gasteiger partial charge in [0.1, 0.15) is 12.7 Å². The van der Waals surface area contributed by atoms with Gasteiger partial charge in [0.15, 0.2) is 0 Å². The number of hydrogen-bond acceptors (Lipinski definition) is 2. The summed E-state index contributed by atoms with van der Waals surface area (Å²) in [5, 5.41) is 7.85. The fourth-order valence-corrected chi connectivity index (χ4v) is 0.185. The van der Waals surface area contributed by atoms with Crippen LogP contribution in [0.1, 0.15) is 6.92 Å². The molecule has 0 saturated carbocycles. The molecule has 0 radical (unpaired) electrons. The van der Waals surface area contributed by atoms with Gasteiger partial charge in [-0.05, 0) is 12.8 Å². The first-order valence-electron chi connectivity index (χ1n) is 2.11. The van der Waals surface area contributed by atoms with Crippen molar-refractivity contribution in [1.82, 2.24) is 0 Å². The van der Waals surface area contributed by atoms with Crippen molar-refractivity contribution in [3.8, 4) is 12.0 Å². The van der Waals surface area contributed by atoms with Gasteiger partial charge >= 0.3 is 0 Å². The zero-order valence-electron chi connectivity index (χ0n) is 4.27. The third kappa shape index (κ3) is 5.32. The Hall–Kier alpha value is -0.680. The highest BCUT2D eigenvalue weighted by Crippen LogP contribution is 1.66. The molecule has 2 nitrogen and oxygen atoms in total. The second-order valence-corrected chi connectivity index (χ2v) is 0.926. The number of rotatable bonds is 2. The number of ether oxygens (including phenoxy) is 1. The molecule has 0 aliphatic rings. The quantitative estimate of drug-likeness (QED) is 0.401. The monoisotopic (exact) mass is 100 g/mol. The molecule has 0 aromatic rings. The third-order valence-electron chi connectivity index (χ3n) is 0.457. The zero-order chi connectivity index (χ0) is 5.54. The van der Waals surface area contributed by atoms with Crippen LogP contribution in [-0.4, -0.2) is 18.3 Å². The molecular weight excluding hydrogens is 92.1 g/mol. The van der Waals surface area contributed by atoms with E-state index in [9.17, 15) is 0 Å². The van der Waals surface area contributed by atoms with Crippen LogP contribution >= 0.6 is 0 Å². The normalized spacial score (nSPS) is 7.00. The molecule has 0 aromatic heterocycles. The summed E-state index contributed by atoms with van der Waals surface area (Å²) in [5.74, 6) is 2.33. The van der Waals surface area contributed by atoms with Gasteiger partial charge in [0, 0.05) is 6.61 Å². The van der Waals surface area contributed by atoms with E-state index in [1.807, 2.05) is 6.92 Å². The lowest BCUT2D eigenvalue weighted by Crippen LogP contribution is -1.87. The molecule has 0 fully saturated rings. The molecule has 0 atom stereocenters. The van der Waals surface area contributed by atoms with Crippen molar-refractivity contribution in [1.29, 1.82) is 0 Å². The van der Waals surface area contributed by atoms with Gasteiger partial charge in [0.05, 0.1) is 0 Å². The average molecular weight is 100 g/mol. The maximum absolute atomic E-state index is 7.85. The lowest BCUT2D eigenvalue weighted by atomic mass is 10.7. The third-order valence-corrected chi connectivity index (χ3v) is 0.457. The predicted octanol–water partition coefficient (Wildman–Crippen LogP) is 0.356. The van der Waals surface area contributed by atoms with Crippen molar-refractivity contribution in [2.24, 2.45) is 0 Å². The summed E-state index contributed by atoms with van der Waals surface area (Å²) in [4.78, 5) is 0. The minimum Gasteiger partial charge on any atom is -0.462 e. The molecule has 0 rings (SSSR count). The molecule has 2 heteroatoms. The Morgan fingerprint density at radius 1 is 1.71 bits per heavy atom. The molecule has 0 saturated heterocycles. The van der Waals surface area contributed by atoms with Crippen LogP contribution in [0.5, 0.6) is 0 Å². The van der Waals surface area contributed by atoms with Crippen molar-refractivity contribution >= 4 is 0 Å². The van der Waals surface area contributed by atoms with Crippen LogP contribution < -0.4 is 0 Å². The molecule has 0 aliphatic heterocycles. The van der Waals surface area contributed by atoms with E-state index >= 15 is 0 Å². The van der Waals surface area contributed by atoms with Gasteiger partial charge < -0.3 is 9.84 Å². The Morgan fingerprint density at radius 2 is 2.43 bits per heavy atom. The first kappa shape index (κ1) is 6.32. The summed E-state index contributed by atoms with van der Waals surface area (Å²) in [6.45, 7) is 2.85. The standard InChI is InChI=1S/C5H8O2/c1-2-7-5-3-4-6/h6H,2,5H2,1H3. The second kappa shape index (κ2) is 5.32. The lowest BCUT2D eigenvalue weighted by molar-refractivity contribution is 0.182. The van der Waals surface area contributed by atoms with Crippen molar-refractivity contribution in [2.45, 2.75) is 6.92 Å². The van der Waals surface area contributed by atoms with Crippen LogP contribution in [0, 0.1) is 12.0 Å². The van der Waals surface area contributed by atoms with Gasteiger partial charge in [-0.25, -0.2) is 0 Å². The maximum atomic E-state index is 7.85. The highest BCUT2D eigenvalue weighted by Gasteiger charge is 1.70. The molecule has 1 N–H and O–H groups in total. The van der Waals surface area contributed by atoms with E-state index in [4.69, 9.17) is 9.84 Å². The Labute approximate surface area is 43.1 Å². The highest BCUT2D eigenvalue weighted by molar-refractivity contribution is 4.88. The highest BCUT2D eigenvalue weighted by atomic mass is 16.5. The first-order valence-corrected chi connectivity index (χ1v) is 2.11. The van der Waals surface area contributed by atoms with E-state index in [0.717, 1.165) is 0 Å². The van der Waals surface area contributed by atoms with Gasteiger partial charge in [-0.2, -0.15) is 0 Å². The Balaban J connectivity index is 2.78. The molecule has 0 unspecified atom stereocenters. The first-order chi connectivity index (χ1) is 3.41. The van der Waals surface area contributed by atoms with Crippen LogP contribution in [0.2, 0.25) is 0 Å². The Bertz CT molecular complexity index is 77.8. The second-order valence-electron chi connectivity index (χ2n) is 0.926. The summed E-state index contributed by atoms with van der Waals surface area (Å²) in [7, 11) is 0. The van der Waals surface area contributed by atoms with E-state index in [1.54, 1.807) is 6.11 Å². The minimum atomic E-state index is 0.326. The molecule has 7 heavy (non-hydrogen) atoms. The summed E-state index contributed by atoms with van der Waals surface area (Å²) in [5.41, 5.74) is 0. The van der Waals surface area contributed by atoms with Gasteiger partial charge in [-0.15, -0.1) is 0 Å². The van der Waals surface area contributed by atoms with E-state index in [0.29, 0.717) is 13.2 Å². The van der Waals surface area contributed by atoms with Crippen LogP contribution in [-0.2, 0) is 4.74 Å². The summed E-state index contributed by atoms with van der Waals surface area (Å²) in [6.07, 6.45) is 1.73. The molecule has 0 aliphatic carbocycles.